The van der Waals surface area contributed by atoms with Gasteiger partial charge in [0, 0.05) is 13.1 Å². The van der Waals surface area contributed by atoms with E-state index in [1.165, 1.54) is 9.35 Å². The Kier molecular flexibility index (Phi) is 6.24. The van der Waals surface area contributed by atoms with Crippen LogP contribution in [-0.2, 0) is 6.54 Å². The molecule has 0 aliphatic heterocycles. The van der Waals surface area contributed by atoms with Crippen LogP contribution in [0.15, 0.2) is 39.5 Å². The van der Waals surface area contributed by atoms with Gasteiger partial charge in [-0.05, 0) is 58.5 Å². The van der Waals surface area contributed by atoms with Gasteiger partial charge in [-0.25, -0.2) is 0 Å². The zero-order valence-corrected chi connectivity index (χ0v) is 14.3. The zero-order chi connectivity index (χ0) is 15.1. The number of hydrogen-bond donors (Lipinski definition) is 0. The molecule has 2 aromatic rings. The van der Waals surface area contributed by atoms with Crippen LogP contribution in [0.2, 0.25) is 0 Å². The summed E-state index contributed by atoms with van der Waals surface area (Å²) in [6, 6.07) is 11.6. The molecule has 5 heteroatoms. The van der Waals surface area contributed by atoms with E-state index in [2.05, 4.69) is 45.4 Å². The van der Waals surface area contributed by atoms with Gasteiger partial charge in [0.25, 0.3) is 0 Å². The molecule has 2 rings (SSSR count). The lowest BCUT2D eigenvalue weighted by molar-refractivity contribution is 0.258. The van der Waals surface area contributed by atoms with Gasteiger partial charge in [-0.1, -0.05) is 12.1 Å². The van der Waals surface area contributed by atoms with Crippen molar-refractivity contribution in [3.63, 3.8) is 0 Å². The second-order valence-electron chi connectivity index (χ2n) is 4.81. The normalized spacial score (nSPS) is 10.6. The van der Waals surface area contributed by atoms with E-state index in [9.17, 15) is 0 Å². The van der Waals surface area contributed by atoms with Crippen molar-refractivity contribution in [3.05, 3.63) is 50.6 Å². The van der Waals surface area contributed by atoms with Gasteiger partial charge in [-0.2, -0.15) is 5.26 Å². The Labute approximate surface area is 137 Å². The van der Waals surface area contributed by atoms with E-state index in [1.54, 1.807) is 17.4 Å². The van der Waals surface area contributed by atoms with Crippen molar-refractivity contribution in [1.82, 2.24) is 4.90 Å². The van der Waals surface area contributed by atoms with Gasteiger partial charge in [-0.3, -0.25) is 0 Å². The molecular formula is C16H17BrN2OS. The summed E-state index contributed by atoms with van der Waals surface area (Å²) in [7, 11) is 2.11. The van der Waals surface area contributed by atoms with Crippen LogP contribution in [0.5, 0.6) is 5.75 Å². The van der Waals surface area contributed by atoms with Crippen LogP contribution >= 0.6 is 27.3 Å². The van der Waals surface area contributed by atoms with E-state index in [1.807, 2.05) is 18.2 Å². The number of nitrogens with zero attached hydrogens (tertiary/aromatic N) is 2. The first-order valence-electron chi connectivity index (χ1n) is 6.72. The number of hydrogen-bond acceptors (Lipinski definition) is 4. The molecule has 1 aromatic heterocycles. The lowest BCUT2D eigenvalue weighted by Gasteiger charge is -2.16. The van der Waals surface area contributed by atoms with Crippen LogP contribution in [0.3, 0.4) is 0 Å². The average Bonchev–Trinajstić information content (AvgIpc) is 2.89. The van der Waals surface area contributed by atoms with Crippen molar-refractivity contribution in [3.8, 4) is 11.8 Å². The monoisotopic (exact) mass is 364 g/mol. The molecule has 0 bridgehead atoms. The number of rotatable bonds is 7. The van der Waals surface area contributed by atoms with E-state index in [0.29, 0.717) is 17.9 Å². The number of benzene rings is 1. The second kappa shape index (κ2) is 8.18. The molecule has 0 saturated carbocycles. The summed E-state index contributed by atoms with van der Waals surface area (Å²) >= 11 is 5.19. The minimum Gasteiger partial charge on any atom is -0.492 e. The number of halogens is 1. The molecule has 3 nitrogen and oxygen atoms in total. The second-order valence-corrected chi connectivity index (χ2v) is 7.10. The van der Waals surface area contributed by atoms with Gasteiger partial charge in [0.2, 0.25) is 0 Å². The number of thiophene rings is 1. The molecule has 0 spiro atoms. The van der Waals surface area contributed by atoms with Gasteiger partial charge in [0.1, 0.15) is 11.8 Å². The van der Waals surface area contributed by atoms with Crippen molar-refractivity contribution >= 4 is 27.3 Å². The number of para-hydroxylation sites is 1. The Balaban J connectivity index is 1.71. The number of nitriles is 1. The predicted octanol–water partition coefficient (Wildman–Crippen LogP) is 4.28. The van der Waals surface area contributed by atoms with E-state index in [-0.39, 0.29) is 0 Å². The summed E-state index contributed by atoms with van der Waals surface area (Å²) in [6.07, 6.45) is 0.932. The van der Waals surface area contributed by atoms with Crippen molar-refractivity contribution < 1.29 is 4.74 Å². The van der Waals surface area contributed by atoms with Crippen LogP contribution in [0.25, 0.3) is 0 Å². The molecule has 0 aliphatic carbocycles. The fourth-order valence-corrected chi connectivity index (χ4v) is 3.22. The molecule has 0 aliphatic rings. The summed E-state index contributed by atoms with van der Waals surface area (Å²) in [6.45, 7) is 2.52. The van der Waals surface area contributed by atoms with Crippen molar-refractivity contribution in [1.29, 1.82) is 5.26 Å². The standard InChI is InChI=1S/C16H17BrN2OS/c1-19(11-13-9-16(17)21-12-13)7-4-8-20-15-6-3-2-5-14(15)10-18/h2-3,5-6,9,12H,4,7-8,11H2,1H3. The SMILES string of the molecule is CN(CCCOc1ccccc1C#N)Cc1csc(Br)c1. The number of ether oxygens (including phenoxy) is 1. The first-order valence-corrected chi connectivity index (χ1v) is 8.39. The lowest BCUT2D eigenvalue weighted by atomic mass is 10.2. The van der Waals surface area contributed by atoms with Crippen LogP contribution in [0.1, 0.15) is 17.5 Å². The van der Waals surface area contributed by atoms with Crippen LogP contribution < -0.4 is 4.74 Å². The highest BCUT2D eigenvalue weighted by Gasteiger charge is 2.04. The Bertz CT molecular complexity index is 621. The molecule has 0 saturated heterocycles. The topological polar surface area (TPSA) is 36.3 Å². The van der Waals surface area contributed by atoms with Gasteiger partial charge < -0.3 is 9.64 Å². The summed E-state index contributed by atoms with van der Waals surface area (Å²) in [5, 5.41) is 11.2. The summed E-state index contributed by atoms with van der Waals surface area (Å²) < 4.78 is 6.85. The maximum Gasteiger partial charge on any atom is 0.137 e. The Morgan fingerprint density at radius 3 is 2.90 bits per heavy atom. The molecule has 0 amide bonds. The molecule has 0 fully saturated rings. The fourth-order valence-electron chi connectivity index (χ4n) is 2.02. The minimum atomic E-state index is 0.592. The fraction of sp³-hybridized carbons (Fsp3) is 0.312. The zero-order valence-electron chi connectivity index (χ0n) is 11.9. The van der Waals surface area contributed by atoms with Gasteiger partial charge in [0.05, 0.1) is 16.0 Å². The highest BCUT2D eigenvalue weighted by Crippen LogP contribution is 2.21. The molecule has 0 radical (unpaired) electrons. The van der Waals surface area contributed by atoms with Crippen LogP contribution in [-0.4, -0.2) is 25.1 Å². The quantitative estimate of drug-likeness (QED) is 0.687. The molecule has 110 valence electrons. The molecule has 21 heavy (non-hydrogen) atoms. The Morgan fingerprint density at radius 1 is 1.38 bits per heavy atom. The minimum absolute atomic E-state index is 0.592. The van der Waals surface area contributed by atoms with Gasteiger partial charge in [0.15, 0.2) is 0 Å². The van der Waals surface area contributed by atoms with Crippen molar-refractivity contribution in [2.45, 2.75) is 13.0 Å². The molecule has 1 heterocycles. The van der Waals surface area contributed by atoms with E-state index >= 15 is 0 Å². The Hall–Kier alpha value is -1.35. The van der Waals surface area contributed by atoms with Crippen LogP contribution in [0, 0.1) is 11.3 Å². The first-order chi connectivity index (χ1) is 10.2. The summed E-state index contributed by atoms with van der Waals surface area (Å²) in [4.78, 5) is 2.27. The van der Waals surface area contributed by atoms with Gasteiger partial charge in [-0.15, -0.1) is 11.3 Å². The molecule has 0 unspecified atom stereocenters. The lowest BCUT2D eigenvalue weighted by Crippen LogP contribution is -2.20. The van der Waals surface area contributed by atoms with Crippen LogP contribution in [0.4, 0.5) is 0 Å². The largest absolute Gasteiger partial charge is 0.492 e. The van der Waals surface area contributed by atoms with Gasteiger partial charge >= 0.3 is 0 Å². The van der Waals surface area contributed by atoms with E-state index in [4.69, 9.17) is 10.00 Å². The predicted molar refractivity (Wildman–Crippen MR) is 89.6 cm³/mol. The third-order valence-electron chi connectivity index (χ3n) is 3.02. The highest BCUT2D eigenvalue weighted by molar-refractivity contribution is 9.11. The molecular weight excluding hydrogens is 348 g/mol. The Morgan fingerprint density at radius 2 is 2.19 bits per heavy atom. The van der Waals surface area contributed by atoms with Crippen molar-refractivity contribution in [2.75, 3.05) is 20.2 Å². The van der Waals surface area contributed by atoms with E-state index < -0.39 is 0 Å². The molecule has 1 aromatic carbocycles. The highest BCUT2D eigenvalue weighted by atomic mass is 79.9. The average molecular weight is 365 g/mol. The summed E-state index contributed by atoms with van der Waals surface area (Å²) in [5.74, 6) is 0.671. The first kappa shape index (κ1) is 16.0. The molecule has 0 atom stereocenters. The summed E-state index contributed by atoms with van der Waals surface area (Å²) in [5.41, 5.74) is 1.92. The van der Waals surface area contributed by atoms with E-state index in [0.717, 1.165) is 19.5 Å². The maximum absolute atomic E-state index is 8.99. The third kappa shape index (κ3) is 5.16. The maximum atomic E-state index is 8.99. The van der Waals surface area contributed by atoms with Crippen molar-refractivity contribution in [2.24, 2.45) is 0 Å². The smallest absolute Gasteiger partial charge is 0.137 e. The molecule has 0 N–H and O–H groups in total. The third-order valence-corrected chi connectivity index (χ3v) is 4.58.